The van der Waals surface area contributed by atoms with E-state index in [0.29, 0.717) is 12.0 Å². The summed E-state index contributed by atoms with van der Waals surface area (Å²) < 4.78 is 5.46. The minimum Gasteiger partial charge on any atom is -0.379 e. The highest BCUT2D eigenvalue weighted by Crippen LogP contribution is 2.27. The number of piperidine rings is 1. The number of hydrogen-bond donors (Lipinski definition) is 0. The molecule has 5 nitrogen and oxygen atoms in total. The molecule has 2 aliphatic heterocycles. The van der Waals surface area contributed by atoms with Crippen LogP contribution in [0.5, 0.6) is 0 Å². The maximum absolute atomic E-state index is 13.4. The molecule has 5 heteroatoms. The first kappa shape index (κ1) is 20.2. The SMILES string of the molecule is Cc1ccc(N(C)C(C)C)c(C(=O)N2CCC[C@H](CN3CCOCC3)C2)c1. The lowest BCUT2D eigenvalue weighted by Crippen LogP contribution is -2.46. The lowest BCUT2D eigenvalue weighted by Gasteiger charge is -2.37. The molecule has 1 aromatic rings. The largest absolute Gasteiger partial charge is 0.379 e. The Morgan fingerprint density at radius 3 is 2.70 bits per heavy atom. The number of likely N-dealkylation sites (tertiary alicyclic amines) is 1. The number of carbonyl (C=O) groups excluding carboxylic acids is 1. The van der Waals surface area contributed by atoms with Gasteiger partial charge in [-0.3, -0.25) is 9.69 Å². The second-order valence-electron chi connectivity index (χ2n) is 8.40. The van der Waals surface area contributed by atoms with Gasteiger partial charge in [0.25, 0.3) is 5.91 Å². The van der Waals surface area contributed by atoms with Gasteiger partial charge in [-0.1, -0.05) is 11.6 Å². The number of benzene rings is 1. The van der Waals surface area contributed by atoms with Gasteiger partial charge in [0, 0.05) is 51.5 Å². The number of amides is 1. The third-order valence-electron chi connectivity index (χ3n) is 5.96. The molecule has 1 atom stereocenters. The van der Waals surface area contributed by atoms with Gasteiger partial charge in [-0.15, -0.1) is 0 Å². The fraction of sp³-hybridized carbons (Fsp3) is 0.682. The molecule has 1 aromatic carbocycles. The molecule has 0 aliphatic carbocycles. The van der Waals surface area contributed by atoms with Crippen molar-refractivity contribution in [3.05, 3.63) is 29.3 Å². The van der Waals surface area contributed by atoms with Gasteiger partial charge in [-0.2, -0.15) is 0 Å². The van der Waals surface area contributed by atoms with E-state index in [0.717, 1.165) is 69.2 Å². The quantitative estimate of drug-likeness (QED) is 0.795. The van der Waals surface area contributed by atoms with Crippen molar-refractivity contribution in [3.8, 4) is 0 Å². The second-order valence-corrected chi connectivity index (χ2v) is 8.40. The molecule has 2 saturated heterocycles. The van der Waals surface area contributed by atoms with Crippen molar-refractivity contribution in [3.63, 3.8) is 0 Å². The van der Waals surface area contributed by atoms with E-state index in [1.807, 2.05) is 0 Å². The van der Waals surface area contributed by atoms with Crippen LogP contribution in [0.25, 0.3) is 0 Å². The third-order valence-corrected chi connectivity index (χ3v) is 5.96. The summed E-state index contributed by atoms with van der Waals surface area (Å²) in [5, 5.41) is 0. The van der Waals surface area contributed by atoms with Crippen molar-refractivity contribution in [2.45, 2.75) is 39.7 Å². The molecule has 0 N–H and O–H groups in total. The first-order valence-corrected chi connectivity index (χ1v) is 10.4. The minimum absolute atomic E-state index is 0.188. The fourth-order valence-corrected chi connectivity index (χ4v) is 4.12. The number of hydrogen-bond acceptors (Lipinski definition) is 4. The van der Waals surface area contributed by atoms with Crippen molar-refractivity contribution in [2.24, 2.45) is 5.92 Å². The maximum atomic E-state index is 13.4. The molecule has 0 aromatic heterocycles. The van der Waals surface area contributed by atoms with Crippen LogP contribution in [0.15, 0.2) is 18.2 Å². The van der Waals surface area contributed by atoms with E-state index in [4.69, 9.17) is 4.74 Å². The Bertz CT molecular complexity index is 640. The van der Waals surface area contributed by atoms with Crippen LogP contribution in [0, 0.1) is 12.8 Å². The second kappa shape index (κ2) is 9.07. The normalized spacial score (nSPS) is 21.5. The van der Waals surface area contributed by atoms with E-state index in [1.54, 1.807) is 0 Å². The van der Waals surface area contributed by atoms with Crippen molar-refractivity contribution >= 4 is 11.6 Å². The number of rotatable bonds is 5. The van der Waals surface area contributed by atoms with Crippen LogP contribution in [-0.4, -0.2) is 74.7 Å². The Kier molecular flexibility index (Phi) is 6.77. The molecule has 0 spiro atoms. The summed E-state index contributed by atoms with van der Waals surface area (Å²) in [4.78, 5) is 20.2. The van der Waals surface area contributed by atoms with Gasteiger partial charge in [0.15, 0.2) is 0 Å². The van der Waals surface area contributed by atoms with Gasteiger partial charge in [0.2, 0.25) is 0 Å². The van der Waals surface area contributed by atoms with Crippen molar-refractivity contribution in [1.29, 1.82) is 0 Å². The first-order chi connectivity index (χ1) is 13.0. The number of aryl methyl sites for hydroxylation is 1. The number of nitrogens with zero attached hydrogens (tertiary/aromatic N) is 3. The first-order valence-electron chi connectivity index (χ1n) is 10.4. The zero-order chi connectivity index (χ0) is 19.4. The van der Waals surface area contributed by atoms with Gasteiger partial charge in [0.1, 0.15) is 0 Å². The summed E-state index contributed by atoms with van der Waals surface area (Å²) in [5.41, 5.74) is 3.02. The monoisotopic (exact) mass is 373 g/mol. The highest BCUT2D eigenvalue weighted by molar-refractivity contribution is 6.00. The van der Waals surface area contributed by atoms with Gasteiger partial charge >= 0.3 is 0 Å². The van der Waals surface area contributed by atoms with E-state index < -0.39 is 0 Å². The predicted octanol–water partition coefficient (Wildman–Crippen LogP) is 3.02. The molecule has 0 radical (unpaired) electrons. The van der Waals surface area contributed by atoms with Crippen LogP contribution in [0.1, 0.15) is 42.6 Å². The average molecular weight is 374 g/mol. The summed E-state index contributed by atoms with van der Waals surface area (Å²) >= 11 is 0. The summed E-state index contributed by atoms with van der Waals surface area (Å²) in [7, 11) is 2.07. The average Bonchev–Trinajstić information content (AvgIpc) is 2.67. The van der Waals surface area contributed by atoms with Gasteiger partial charge in [0.05, 0.1) is 18.8 Å². The summed E-state index contributed by atoms with van der Waals surface area (Å²) in [5.74, 6) is 0.754. The predicted molar refractivity (Wildman–Crippen MR) is 111 cm³/mol. The molecule has 2 aliphatic rings. The van der Waals surface area contributed by atoms with Crippen LogP contribution in [0.4, 0.5) is 5.69 Å². The third kappa shape index (κ3) is 5.02. The molecule has 0 bridgehead atoms. The van der Waals surface area contributed by atoms with Crippen molar-refractivity contribution in [1.82, 2.24) is 9.80 Å². The number of morpholine rings is 1. The molecule has 27 heavy (non-hydrogen) atoms. The van der Waals surface area contributed by atoms with Crippen LogP contribution in [0.3, 0.4) is 0 Å². The summed E-state index contributed by atoms with van der Waals surface area (Å²) in [6.07, 6.45) is 2.32. The van der Waals surface area contributed by atoms with Crippen LogP contribution < -0.4 is 4.90 Å². The Balaban J connectivity index is 1.72. The fourth-order valence-electron chi connectivity index (χ4n) is 4.12. The maximum Gasteiger partial charge on any atom is 0.255 e. The van der Waals surface area contributed by atoms with E-state index in [2.05, 4.69) is 60.7 Å². The Morgan fingerprint density at radius 2 is 2.00 bits per heavy atom. The van der Waals surface area contributed by atoms with E-state index in [9.17, 15) is 4.79 Å². The Hall–Kier alpha value is -1.59. The molecule has 3 rings (SSSR count). The Morgan fingerprint density at radius 1 is 1.26 bits per heavy atom. The van der Waals surface area contributed by atoms with E-state index in [1.165, 1.54) is 6.42 Å². The lowest BCUT2D eigenvalue weighted by atomic mass is 9.96. The smallest absolute Gasteiger partial charge is 0.255 e. The van der Waals surface area contributed by atoms with Crippen LogP contribution >= 0.6 is 0 Å². The van der Waals surface area contributed by atoms with Crippen molar-refractivity contribution < 1.29 is 9.53 Å². The highest BCUT2D eigenvalue weighted by atomic mass is 16.5. The molecule has 2 heterocycles. The lowest BCUT2D eigenvalue weighted by molar-refractivity contribution is 0.0224. The topological polar surface area (TPSA) is 36.0 Å². The van der Waals surface area contributed by atoms with Crippen LogP contribution in [0.2, 0.25) is 0 Å². The van der Waals surface area contributed by atoms with Gasteiger partial charge < -0.3 is 14.5 Å². The zero-order valence-electron chi connectivity index (χ0n) is 17.4. The molecule has 1 amide bonds. The van der Waals surface area contributed by atoms with Gasteiger partial charge in [-0.25, -0.2) is 0 Å². The standard InChI is InChI=1S/C22H35N3O2/c1-17(2)23(4)21-8-7-18(3)14-20(21)22(26)25-9-5-6-19(16-25)15-24-10-12-27-13-11-24/h7-8,14,17,19H,5-6,9-13,15-16H2,1-4H3/t19-/m1/s1. The molecule has 0 saturated carbocycles. The number of ether oxygens (including phenoxy) is 1. The molecular formula is C22H35N3O2. The number of carbonyl (C=O) groups is 1. The minimum atomic E-state index is 0.188. The molecule has 2 fully saturated rings. The molecule has 150 valence electrons. The van der Waals surface area contributed by atoms with E-state index in [-0.39, 0.29) is 5.91 Å². The number of anilines is 1. The Labute approximate surface area is 164 Å². The molecular weight excluding hydrogens is 338 g/mol. The molecule has 0 unspecified atom stereocenters. The highest BCUT2D eigenvalue weighted by Gasteiger charge is 2.28. The zero-order valence-corrected chi connectivity index (χ0v) is 17.4. The van der Waals surface area contributed by atoms with E-state index >= 15 is 0 Å². The van der Waals surface area contributed by atoms with Gasteiger partial charge in [-0.05, 0) is 51.7 Å². The summed E-state index contributed by atoms with van der Waals surface area (Å²) in [6, 6.07) is 6.61. The van der Waals surface area contributed by atoms with Crippen molar-refractivity contribution in [2.75, 3.05) is 57.9 Å². The van der Waals surface area contributed by atoms with Crippen LogP contribution in [-0.2, 0) is 4.74 Å². The summed E-state index contributed by atoms with van der Waals surface area (Å²) in [6.45, 7) is 12.9.